The summed E-state index contributed by atoms with van der Waals surface area (Å²) in [4.78, 5) is 26.1. The molecule has 198 valence electrons. The van der Waals surface area contributed by atoms with Crippen LogP contribution in [-0.4, -0.2) is 72.9 Å². The van der Waals surface area contributed by atoms with Crippen LogP contribution >= 0.6 is 0 Å². The van der Waals surface area contributed by atoms with Crippen molar-refractivity contribution in [1.29, 1.82) is 0 Å². The largest absolute Gasteiger partial charge is 0.461 e. The van der Waals surface area contributed by atoms with E-state index in [1.54, 1.807) is 13.8 Å². The lowest BCUT2D eigenvalue weighted by Crippen LogP contribution is -2.73. The van der Waals surface area contributed by atoms with Crippen molar-refractivity contribution in [3.63, 3.8) is 0 Å². The highest BCUT2D eigenvalue weighted by Crippen LogP contribution is 2.75. The second kappa shape index (κ2) is 6.28. The number of ketones is 1. The van der Waals surface area contributed by atoms with Gasteiger partial charge in [-0.3, -0.25) is 9.59 Å². The normalized spacial score (nSPS) is 64.8. The summed E-state index contributed by atoms with van der Waals surface area (Å²) in [5, 5.41) is 47.0. The summed E-state index contributed by atoms with van der Waals surface area (Å²) in [5.41, 5.74) is -7.59. The maximum absolute atomic E-state index is 13.4. The minimum atomic E-state index is -1.29. The molecule has 13 atom stereocenters. The predicted molar refractivity (Wildman–Crippen MR) is 125 cm³/mol. The van der Waals surface area contributed by atoms with E-state index in [1.807, 2.05) is 13.8 Å². The highest BCUT2D eigenvalue weighted by Gasteiger charge is 2.84. The molecule has 8 heteroatoms. The maximum Gasteiger partial charge on any atom is 0.315 e. The van der Waals surface area contributed by atoms with Gasteiger partial charge in [0.1, 0.15) is 17.8 Å². The Hall–Kier alpha value is -1.32. The third kappa shape index (κ3) is 2.14. The molecule has 0 aromatic rings. The van der Waals surface area contributed by atoms with Gasteiger partial charge in [-0.2, -0.15) is 0 Å². The lowest BCUT2D eigenvalue weighted by molar-refractivity contribution is -0.282. The van der Waals surface area contributed by atoms with Crippen LogP contribution in [0.4, 0.5) is 0 Å². The van der Waals surface area contributed by atoms with Crippen LogP contribution in [0.25, 0.3) is 0 Å². The van der Waals surface area contributed by atoms with E-state index < -0.39 is 62.7 Å². The molecule has 3 aliphatic heterocycles. The molecule has 7 fully saturated rings. The van der Waals surface area contributed by atoms with Crippen LogP contribution in [0.3, 0.4) is 0 Å². The number of aliphatic hydroxyl groups is 4. The second-order valence-electron chi connectivity index (χ2n) is 14.0. The first-order chi connectivity index (χ1) is 16.6. The molecule has 0 aromatic carbocycles. The molecular formula is C28H38O8. The molecule has 2 bridgehead atoms. The molecule has 0 radical (unpaired) electrons. The van der Waals surface area contributed by atoms with Crippen LogP contribution in [0.15, 0.2) is 12.2 Å². The average Bonchev–Trinajstić information content (AvgIpc) is 3.50. The molecule has 1 spiro atoms. The Labute approximate surface area is 211 Å². The van der Waals surface area contributed by atoms with E-state index >= 15 is 0 Å². The summed E-state index contributed by atoms with van der Waals surface area (Å²) in [6.07, 6.45) is 4.22. The van der Waals surface area contributed by atoms with Crippen molar-refractivity contribution >= 4 is 11.8 Å². The first kappa shape index (κ1) is 23.8. The van der Waals surface area contributed by atoms with Crippen LogP contribution in [-0.2, 0) is 19.1 Å². The summed E-state index contributed by atoms with van der Waals surface area (Å²) in [7, 11) is 0. The Morgan fingerprint density at radius 2 is 1.58 bits per heavy atom. The molecule has 36 heavy (non-hydrogen) atoms. The number of esters is 1. The summed E-state index contributed by atoms with van der Waals surface area (Å²) < 4.78 is 11.9. The van der Waals surface area contributed by atoms with Gasteiger partial charge in [-0.25, -0.2) is 0 Å². The molecule has 0 amide bonds. The zero-order valence-electron chi connectivity index (χ0n) is 21.5. The number of fused-ring (bicyclic) bond motifs is 7. The Kier molecular flexibility index (Phi) is 4.15. The fourth-order valence-electron chi connectivity index (χ4n) is 10.5. The standard InChI is InChI=1S/C28H38O8/c1-22-12-16(17(35-21(22)31)13-24(22,3)32)27(34)10-9-26(33)15-11-20-28(36-20)19(30)6-5-18(29)25(28,4)14(15)7-8-23(26,27)2/h5-6,14-17,19-20,30,32-34H,7-13H2,1-4H3/t14-,15+,16+,17+,19-,20+,22-,23-,24+,25-,26+,27-,28+/m0/s1. The molecule has 0 unspecified atom stereocenters. The summed E-state index contributed by atoms with van der Waals surface area (Å²) >= 11 is 0. The van der Waals surface area contributed by atoms with Gasteiger partial charge in [-0.15, -0.1) is 0 Å². The predicted octanol–water partition coefficient (Wildman–Crippen LogP) is 1.42. The number of epoxide rings is 1. The molecule has 3 heterocycles. The molecule has 8 nitrogen and oxygen atoms in total. The first-order valence-corrected chi connectivity index (χ1v) is 13.6. The molecule has 8 aliphatic rings. The quantitative estimate of drug-likeness (QED) is 0.312. The summed E-state index contributed by atoms with van der Waals surface area (Å²) in [5.74, 6) is -1.32. The molecular weight excluding hydrogens is 464 g/mol. The van der Waals surface area contributed by atoms with Gasteiger partial charge in [0, 0.05) is 17.8 Å². The van der Waals surface area contributed by atoms with Gasteiger partial charge in [0.15, 0.2) is 5.78 Å². The van der Waals surface area contributed by atoms with Crippen LogP contribution in [0.5, 0.6) is 0 Å². The van der Waals surface area contributed by atoms with E-state index in [9.17, 15) is 30.0 Å². The topological polar surface area (TPSA) is 137 Å². The van der Waals surface area contributed by atoms with Crippen LogP contribution in [0.1, 0.15) is 72.6 Å². The monoisotopic (exact) mass is 502 g/mol. The highest BCUT2D eigenvalue weighted by molar-refractivity contribution is 5.98. The van der Waals surface area contributed by atoms with Gasteiger partial charge in [0.05, 0.1) is 33.7 Å². The van der Waals surface area contributed by atoms with Gasteiger partial charge < -0.3 is 29.9 Å². The third-order valence-corrected chi connectivity index (χ3v) is 13.2. The second-order valence-corrected chi connectivity index (χ2v) is 14.0. The number of hydrogen-bond acceptors (Lipinski definition) is 8. The Morgan fingerprint density at radius 3 is 2.25 bits per heavy atom. The van der Waals surface area contributed by atoms with Crippen molar-refractivity contribution < 1.29 is 39.5 Å². The number of rotatable bonds is 1. The van der Waals surface area contributed by atoms with Gasteiger partial charge in [-0.1, -0.05) is 6.92 Å². The van der Waals surface area contributed by atoms with E-state index in [-0.39, 0.29) is 30.1 Å². The summed E-state index contributed by atoms with van der Waals surface area (Å²) in [6.45, 7) is 7.26. The Balaban J connectivity index is 1.28. The Morgan fingerprint density at radius 1 is 0.917 bits per heavy atom. The number of allylic oxidation sites excluding steroid dienone is 1. The van der Waals surface area contributed by atoms with Crippen molar-refractivity contribution in [3.05, 3.63) is 12.2 Å². The van der Waals surface area contributed by atoms with E-state index in [0.717, 1.165) is 0 Å². The highest BCUT2D eigenvalue weighted by atomic mass is 16.6. The van der Waals surface area contributed by atoms with Gasteiger partial charge >= 0.3 is 5.97 Å². The Bertz CT molecular complexity index is 1120. The number of ether oxygens (including phenoxy) is 2. The number of carbonyl (C=O) groups excluding carboxylic acids is 2. The van der Waals surface area contributed by atoms with Crippen molar-refractivity contribution in [1.82, 2.24) is 0 Å². The van der Waals surface area contributed by atoms with Crippen LogP contribution in [0, 0.1) is 34.0 Å². The minimum absolute atomic E-state index is 0.0582. The van der Waals surface area contributed by atoms with Crippen molar-refractivity contribution in [2.24, 2.45) is 34.0 Å². The lowest BCUT2D eigenvalue weighted by Gasteiger charge is -2.65. The minimum Gasteiger partial charge on any atom is -0.461 e. The SMILES string of the molecule is C[C@]12CC[C@H]3[C@@H](C[C@H]4O[C@]45[C@@H](O)C=CC(=O)[C@]35C)[C@]1(O)CC[C@]2(O)[C@@H]1C[C@@]2(C)C(=O)O[C@@H]1C[C@@]2(C)O. The molecule has 0 aromatic heterocycles. The average molecular weight is 503 g/mol. The van der Waals surface area contributed by atoms with E-state index in [4.69, 9.17) is 9.47 Å². The van der Waals surface area contributed by atoms with Crippen LogP contribution in [0.2, 0.25) is 0 Å². The van der Waals surface area contributed by atoms with E-state index in [1.165, 1.54) is 12.2 Å². The fraction of sp³-hybridized carbons (Fsp3) is 0.857. The number of hydrogen-bond donors (Lipinski definition) is 4. The van der Waals surface area contributed by atoms with Crippen LogP contribution < -0.4 is 0 Å². The number of carbonyl (C=O) groups is 2. The third-order valence-electron chi connectivity index (χ3n) is 13.2. The first-order valence-electron chi connectivity index (χ1n) is 13.6. The van der Waals surface area contributed by atoms with Crippen molar-refractivity contribution in [2.75, 3.05) is 0 Å². The zero-order valence-corrected chi connectivity index (χ0v) is 21.5. The van der Waals surface area contributed by atoms with E-state index in [2.05, 4.69) is 0 Å². The van der Waals surface area contributed by atoms with Gasteiger partial charge in [0.25, 0.3) is 0 Å². The lowest BCUT2D eigenvalue weighted by atomic mass is 9.41. The summed E-state index contributed by atoms with van der Waals surface area (Å²) in [6, 6.07) is 0. The molecule has 5 aliphatic carbocycles. The number of aliphatic hydroxyl groups excluding tert-OH is 1. The molecule has 3 saturated heterocycles. The van der Waals surface area contributed by atoms with Gasteiger partial charge in [0.2, 0.25) is 0 Å². The maximum atomic E-state index is 13.4. The zero-order chi connectivity index (χ0) is 25.9. The van der Waals surface area contributed by atoms with Gasteiger partial charge in [-0.05, 0) is 83.3 Å². The fourth-order valence-corrected chi connectivity index (χ4v) is 10.5. The molecule has 4 saturated carbocycles. The van der Waals surface area contributed by atoms with E-state index in [0.29, 0.717) is 38.5 Å². The molecule has 4 N–H and O–H groups in total. The molecule has 8 rings (SSSR count). The smallest absolute Gasteiger partial charge is 0.315 e. The van der Waals surface area contributed by atoms with Crippen molar-refractivity contribution in [3.8, 4) is 0 Å². The van der Waals surface area contributed by atoms with Crippen molar-refractivity contribution in [2.45, 2.75) is 113 Å².